The lowest BCUT2D eigenvalue weighted by molar-refractivity contribution is 0.0750. The summed E-state index contributed by atoms with van der Waals surface area (Å²) in [5.41, 5.74) is 3.40. The molecule has 0 saturated carbocycles. The van der Waals surface area contributed by atoms with Crippen LogP contribution in [0, 0.1) is 5.82 Å². The Balaban J connectivity index is 2.10. The number of rotatable bonds is 3. The predicted molar refractivity (Wildman–Crippen MR) is 68.8 cm³/mol. The molecule has 18 heavy (non-hydrogen) atoms. The monoisotopic (exact) mass is 251 g/mol. The van der Waals surface area contributed by atoms with Gasteiger partial charge in [0.2, 0.25) is 0 Å². The molecule has 1 amide bonds. The highest BCUT2D eigenvalue weighted by Crippen LogP contribution is 2.19. The van der Waals surface area contributed by atoms with Crippen molar-refractivity contribution in [2.24, 2.45) is 0 Å². The van der Waals surface area contributed by atoms with Crippen LogP contribution in [0.2, 0.25) is 0 Å². The van der Waals surface area contributed by atoms with Crippen molar-refractivity contribution in [2.45, 2.75) is 19.3 Å². The molecule has 4 nitrogen and oxygen atoms in total. The number of hydrazine groups is 1. The van der Waals surface area contributed by atoms with Crippen LogP contribution in [0.25, 0.3) is 0 Å². The van der Waals surface area contributed by atoms with Crippen molar-refractivity contribution in [3.8, 4) is 0 Å². The summed E-state index contributed by atoms with van der Waals surface area (Å²) in [7, 11) is 1.61. The van der Waals surface area contributed by atoms with E-state index in [9.17, 15) is 9.18 Å². The molecule has 1 fully saturated rings. The van der Waals surface area contributed by atoms with E-state index in [1.807, 2.05) is 5.01 Å². The van der Waals surface area contributed by atoms with Crippen LogP contribution in [0.1, 0.15) is 29.6 Å². The molecule has 1 aromatic carbocycles. The van der Waals surface area contributed by atoms with Crippen molar-refractivity contribution >= 4 is 11.6 Å². The van der Waals surface area contributed by atoms with Gasteiger partial charge in [0.15, 0.2) is 0 Å². The van der Waals surface area contributed by atoms with Crippen molar-refractivity contribution in [1.29, 1.82) is 0 Å². The lowest BCUT2D eigenvalue weighted by Gasteiger charge is -2.27. The van der Waals surface area contributed by atoms with E-state index in [-0.39, 0.29) is 11.6 Å². The normalized spacial score (nSPS) is 16.3. The molecule has 1 aliphatic heterocycles. The Bertz CT molecular complexity index is 430. The van der Waals surface area contributed by atoms with Gasteiger partial charge >= 0.3 is 0 Å². The maximum absolute atomic E-state index is 13.5. The minimum atomic E-state index is -0.413. The summed E-state index contributed by atoms with van der Waals surface area (Å²) in [6.07, 6.45) is 3.37. The second-order valence-electron chi connectivity index (χ2n) is 4.40. The first-order valence-corrected chi connectivity index (χ1v) is 6.24. The summed E-state index contributed by atoms with van der Waals surface area (Å²) < 4.78 is 13.5. The van der Waals surface area contributed by atoms with Crippen molar-refractivity contribution in [3.05, 3.63) is 29.6 Å². The van der Waals surface area contributed by atoms with Gasteiger partial charge in [-0.1, -0.05) is 12.5 Å². The summed E-state index contributed by atoms with van der Waals surface area (Å²) in [5.74, 6) is -0.676. The van der Waals surface area contributed by atoms with Crippen molar-refractivity contribution in [2.75, 3.05) is 25.5 Å². The molecule has 98 valence electrons. The van der Waals surface area contributed by atoms with Crippen molar-refractivity contribution in [3.63, 3.8) is 0 Å². The van der Waals surface area contributed by atoms with Crippen LogP contribution in [-0.4, -0.2) is 31.1 Å². The Morgan fingerprint density at radius 3 is 2.67 bits per heavy atom. The van der Waals surface area contributed by atoms with Crippen LogP contribution in [0.4, 0.5) is 10.1 Å². The Kier molecular flexibility index (Phi) is 4.15. The van der Waals surface area contributed by atoms with Crippen LogP contribution >= 0.6 is 0 Å². The fourth-order valence-electron chi connectivity index (χ4n) is 2.18. The van der Waals surface area contributed by atoms with Crippen LogP contribution in [0.3, 0.4) is 0 Å². The number of anilines is 1. The van der Waals surface area contributed by atoms with Gasteiger partial charge in [0, 0.05) is 20.1 Å². The lowest BCUT2D eigenvalue weighted by Crippen LogP contribution is -2.45. The number of carbonyl (C=O) groups excluding carboxylic acids is 1. The third-order valence-corrected chi connectivity index (χ3v) is 3.12. The van der Waals surface area contributed by atoms with Gasteiger partial charge in [0.05, 0.1) is 11.3 Å². The smallest absolute Gasteiger partial charge is 0.267 e. The van der Waals surface area contributed by atoms with E-state index in [1.54, 1.807) is 19.2 Å². The highest BCUT2D eigenvalue weighted by molar-refractivity contribution is 5.99. The van der Waals surface area contributed by atoms with E-state index in [0.717, 1.165) is 25.9 Å². The van der Waals surface area contributed by atoms with Gasteiger partial charge in [-0.25, -0.2) is 9.40 Å². The highest BCUT2D eigenvalue weighted by atomic mass is 19.1. The number of hydrogen-bond acceptors (Lipinski definition) is 3. The largest absolute Gasteiger partial charge is 0.385 e. The minimum Gasteiger partial charge on any atom is -0.385 e. The number of carbonyl (C=O) groups is 1. The zero-order valence-electron chi connectivity index (χ0n) is 10.5. The topological polar surface area (TPSA) is 44.4 Å². The molecule has 1 aliphatic rings. The first kappa shape index (κ1) is 12.8. The van der Waals surface area contributed by atoms with Crippen molar-refractivity contribution < 1.29 is 9.18 Å². The standard InChI is InChI=1S/C13H18FN3O/c1-15-12-10(6-5-7-11(12)14)13(18)16-17-8-3-2-4-9-17/h5-7,15H,2-4,8-9H2,1H3,(H,16,18). The van der Waals surface area contributed by atoms with E-state index < -0.39 is 5.82 Å². The van der Waals surface area contributed by atoms with E-state index >= 15 is 0 Å². The Morgan fingerprint density at radius 2 is 2.00 bits per heavy atom. The number of piperidine rings is 1. The van der Waals surface area contributed by atoms with Gasteiger partial charge in [-0.2, -0.15) is 0 Å². The van der Waals surface area contributed by atoms with Gasteiger partial charge in [-0.15, -0.1) is 0 Å². The zero-order valence-corrected chi connectivity index (χ0v) is 10.5. The highest BCUT2D eigenvalue weighted by Gasteiger charge is 2.17. The van der Waals surface area contributed by atoms with Gasteiger partial charge < -0.3 is 5.32 Å². The van der Waals surface area contributed by atoms with Crippen LogP contribution in [0.5, 0.6) is 0 Å². The molecule has 0 spiro atoms. The second kappa shape index (κ2) is 5.82. The molecule has 1 aromatic rings. The molecule has 0 unspecified atom stereocenters. The minimum absolute atomic E-state index is 0.243. The maximum Gasteiger partial charge on any atom is 0.267 e. The lowest BCUT2D eigenvalue weighted by atomic mass is 10.1. The third-order valence-electron chi connectivity index (χ3n) is 3.12. The molecular formula is C13H18FN3O. The van der Waals surface area contributed by atoms with Gasteiger partial charge in [0.1, 0.15) is 5.82 Å². The molecule has 1 saturated heterocycles. The van der Waals surface area contributed by atoms with Gasteiger partial charge in [-0.05, 0) is 25.0 Å². The average molecular weight is 251 g/mol. The number of halogens is 1. The summed E-state index contributed by atoms with van der Waals surface area (Å²) in [6.45, 7) is 1.71. The number of nitrogens with zero attached hydrogens (tertiary/aromatic N) is 1. The maximum atomic E-state index is 13.5. The Hall–Kier alpha value is -1.62. The quantitative estimate of drug-likeness (QED) is 0.863. The predicted octanol–water partition coefficient (Wildman–Crippen LogP) is 2.00. The average Bonchev–Trinajstić information content (AvgIpc) is 2.39. The number of hydrogen-bond donors (Lipinski definition) is 2. The Labute approximate surface area is 106 Å². The SMILES string of the molecule is CNc1c(F)cccc1C(=O)NN1CCCCC1. The van der Waals surface area contributed by atoms with Crippen LogP contribution in [-0.2, 0) is 0 Å². The van der Waals surface area contributed by atoms with Crippen LogP contribution in [0.15, 0.2) is 18.2 Å². The van der Waals surface area contributed by atoms with E-state index in [1.165, 1.54) is 12.5 Å². The molecule has 2 N–H and O–H groups in total. The van der Waals surface area contributed by atoms with E-state index in [0.29, 0.717) is 5.56 Å². The molecule has 0 aliphatic carbocycles. The number of nitrogens with one attached hydrogen (secondary N) is 2. The first-order chi connectivity index (χ1) is 8.72. The van der Waals surface area contributed by atoms with Gasteiger partial charge in [0.25, 0.3) is 5.91 Å². The molecule has 0 atom stereocenters. The number of para-hydroxylation sites is 1. The summed E-state index contributed by atoms with van der Waals surface area (Å²) in [5, 5.41) is 4.63. The number of amides is 1. The molecular weight excluding hydrogens is 233 g/mol. The first-order valence-electron chi connectivity index (χ1n) is 6.24. The molecule has 5 heteroatoms. The summed E-state index contributed by atoms with van der Waals surface area (Å²) >= 11 is 0. The fraction of sp³-hybridized carbons (Fsp3) is 0.462. The summed E-state index contributed by atoms with van der Waals surface area (Å²) in [6, 6.07) is 4.50. The van der Waals surface area contributed by atoms with Crippen LogP contribution < -0.4 is 10.7 Å². The second-order valence-corrected chi connectivity index (χ2v) is 4.40. The Morgan fingerprint density at radius 1 is 1.28 bits per heavy atom. The van der Waals surface area contributed by atoms with E-state index in [4.69, 9.17) is 0 Å². The molecule has 0 aromatic heterocycles. The molecule has 1 heterocycles. The molecule has 2 rings (SSSR count). The molecule has 0 radical (unpaired) electrons. The van der Waals surface area contributed by atoms with Crippen molar-refractivity contribution in [1.82, 2.24) is 10.4 Å². The zero-order chi connectivity index (χ0) is 13.0. The van der Waals surface area contributed by atoms with Gasteiger partial charge in [-0.3, -0.25) is 10.2 Å². The fourth-order valence-corrected chi connectivity index (χ4v) is 2.18. The summed E-state index contributed by atoms with van der Waals surface area (Å²) in [4.78, 5) is 12.1. The third kappa shape index (κ3) is 2.79. The molecule has 0 bridgehead atoms. The van der Waals surface area contributed by atoms with E-state index in [2.05, 4.69) is 10.7 Å². The number of benzene rings is 1.